The molecule has 0 aliphatic carbocycles. The molecule has 0 unspecified atom stereocenters. The molecule has 1 aliphatic rings. The van der Waals surface area contributed by atoms with Gasteiger partial charge < -0.3 is 9.84 Å². The van der Waals surface area contributed by atoms with E-state index >= 15 is 0 Å². The Balaban J connectivity index is 2.20. The van der Waals surface area contributed by atoms with Crippen LogP contribution in [0, 0.1) is 6.20 Å². The van der Waals surface area contributed by atoms with Gasteiger partial charge in [0.05, 0.1) is 18.9 Å². The highest BCUT2D eigenvalue weighted by Gasteiger charge is 2.25. The SMILES string of the molecule is O[C@H]1COCC[C@@H]1c1[c]ncc(Br)c1. The van der Waals surface area contributed by atoms with Gasteiger partial charge in [-0.15, -0.1) is 0 Å². The molecule has 0 aromatic carbocycles. The van der Waals surface area contributed by atoms with Crippen LogP contribution in [-0.2, 0) is 4.74 Å². The number of aliphatic hydroxyl groups excluding tert-OH is 1. The Morgan fingerprint density at radius 1 is 1.64 bits per heavy atom. The van der Waals surface area contributed by atoms with Crippen molar-refractivity contribution in [3.63, 3.8) is 0 Å². The highest BCUT2D eigenvalue weighted by molar-refractivity contribution is 9.10. The van der Waals surface area contributed by atoms with Crippen molar-refractivity contribution in [2.24, 2.45) is 0 Å². The standard InChI is InChI=1S/C10H11BrNO2/c11-8-3-7(4-12-5-8)9-1-2-14-6-10(9)13/h3,5,9-10,13H,1-2,6H2/t9-,10+/m1/s1. The van der Waals surface area contributed by atoms with Crippen LogP contribution in [-0.4, -0.2) is 29.4 Å². The van der Waals surface area contributed by atoms with Gasteiger partial charge in [-0.3, -0.25) is 4.98 Å². The lowest BCUT2D eigenvalue weighted by Gasteiger charge is -2.27. The maximum atomic E-state index is 9.73. The van der Waals surface area contributed by atoms with Crippen LogP contribution in [0.3, 0.4) is 0 Å². The fraction of sp³-hybridized carbons (Fsp3) is 0.500. The molecule has 1 radical (unpaired) electrons. The summed E-state index contributed by atoms with van der Waals surface area (Å²) in [6.45, 7) is 1.10. The van der Waals surface area contributed by atoms with Gasteiger partial charge in [0.2, 0.25) is 0 Å². The summed E-state index contributed by atoms with van der Waals surface area (Å²) in [5.41, 5.74) is 0.954. The number of halogens is 1. The number of nitrogens with zero attached hydrogens (tertiary/aromatic N) is 1. The maximum Gasteiger partial charge on any atom is 0.0925 e. The minimum atomic E-state index is -0.434. The molecule has 2 heterocycles. The highest BCUT2D eigenvalue weighted by atomic mass is 79.9. The first kappa shape index (κ1) is 10.1. The van der Waals surface area contributed by atoms with Gasteiger partial charge in [-0.2, -0.15) is 0 Å². The molecule has 1 aromatic rings. The third-order valence-corrected chi connectivity index (χ3v) is 2.83. The second-order valence-electron chi connectivity index (χ2n) is 3.39. The first-order chi connectivity index (χ1) is 6.77. The molecule has 0 spiro atoms. The van der Waals surface area contributed by atoms with Crippen LogP contribution in [0.2, 0.25) is 0 Å². The van der Waals surface area contributed by atoms with E-state index in [-0.39, 0.29) is 5.92 Å². The zero-order chi connectivity index (χ0) is 9.97. The van der Waals surface area contributed by atoms with Crippen molar-refractivity contribution in [1.29, 1.82) is 0 Å². The number of aromatic nitrogens is 1. The number of aliphatic hydroxyl groups is 1. The summed E-state index contributed by atoms with van der Waals surface area (Å²) < 4.78 is 6.09. The molecule has 1 fully saturated rings. The molecule has 1 N–H and O–H groups in total. The molecule has 2 atom stereocenters. The van der Waals surface area contributed by atoms with Crippen LogP contribution in [0.25, 0.3) is 0 Å². The summed E-state index contributed by atoms with van der Waals surface area (Å²) in [5.74, 6) is 0.105. The van der Waals surface area contributed by atoms with Gasteiger partial charge in [-0.25, -0.2) is 0 Å². The second-order valence-corrected chi connectivity index (χ2v) is 4.31. The third-order valence-electron chi connectivity index (χ3n) is 2.40. The molecule has 0 amide bonds. The first-order valence-electron chi connectivity index (χ1n) is 4.56. The number of ether oxygens (including phenoxy) is 1. The molecule has 1 aliphatic heterocycles. The molecule has 75 valence electrons. The van der Waals surface area contributed by atoms with Crippen LogP contribution in [0.15, 0.2) is 16.7 Å². The molecule has 14 heavy (non-hydrogen) atoms. The van der Waals surface area contributed by atoms with Gasteiger partial charge in [-0.05, 0) is 34.0 Å². The Bertz CT molecular complexity index is 319. The van der Waals surface area contributed by atoms with E-state index < -0.39 is 6.10 Å². The van der Waals surface area contributed by atoms with Gasteiger partial charge >= 0.3 is 0 Å². The van der Waals surface area contributed by atoms with Gasteiger partial charge in [0.25, 0.3) is 0 Å². The van der Waals surface area contributed by atoms with Gasteiger partial charge in [0.1, 0.15) is 0 Å². The van der Waals surface area contributed by atoms with Crippen LogP contribution < -0.4 is 0 Å². The van der Waals surface area contributed by atoms with Crippen molar-refractivity contribution in [1.82, 2.24) is 4.98 Å². The Kier molecular flexibility index (Phi) is 3.15. The van der Waals surface area contributed by atoms with Gasteiger partial charge in [0, 0.05) is 23.2 Å². The van der Waals surface area contributed by atoms with E-state index in [1.165, 1.54) is 0 Å². The van der Waals surface area contributed by atoms with Crippen LogP contribution in [0.5, 0.6) is 0 Å². The van der Waals surface area contributed by atoms with Crippen molar-refractivity contribution in [3.05, 3.63) is 28.5 Å². The van der Waals surface area contributed by atoms with E-state index in [0.717, 1.165) is 16.5 Å². The Morgan fingerprint density at radius 2 is 2.50 bits per heavy atom. The van der Waals surface area contributed by atoms with E-state index in [1.54, 1.807) is 6.20 Å². The van der Waals surface area contributed by atoms with E-state index in [2.05, 4.69) is 27.1 Å². The van der Waals surface area contributed by atoms with Crippen molar-refractivity contribution >= 4 is 15.9 Å². The van der Waals surface area contributed by atoms with Crippen LogP contribution >= 0.6 is 15.9 Å². The Labute approximate surface area is 91.2 Å². The van der Waals surface area contributed by atoms with Crippen molar-refractivity contribution in [2.45, 2.75) is 18.4 Å². The van der Waals surface area contributed by atoms with Crippen LogP contribution in [0.4, 0.5) is 0 Å². The fourth-order valence-corrected chi connectivity index (χ4v) is 2.01. The zero-order valence-corrected chi connectivity index (χ0v) is 9.20. The van der Waals surface area contributed by atoms with Crippen molar-refractivity contribution < 1.29 is 9.84 Å². The predicted octanol–water partition coefficient (Wildman–Crippen LogP) is 1.51. The predicted molar refractivity (Wildman–Crippen MR) is 55.0 cm³/mol. The average molecular weight is 257 g/mol. The summed E-state index contributed by atoms with van der Waals surface area (Å²) in [4.78, 5) is 3.97. The first-order valence-corrected chi connectivity index (χ1v) is 5.35. The molecule has 3 nitrogen and oxygen atoms in total. The summed E-state index contributed by atoms with van der Waals surface area (Å²) in [5, 5.41) is 9.73. The molecular weight excluding hydrogens is 246 g/mol. The van der Waals surface area contributed by atoms with Crippen molar-refractivity contribution in [2.75, 3.05) is 13.2 Å². The van der Waals surface area contributed by atoms with E-state index in [9.17, 15) is 5.11 Å². The normalized spacial score (nSPS) is 27.6. The maximum absolute atomic E-state index is 9.73. The molecule has 2 rings (SSSR count). The zero-order valence-electron chi connectivity index (χ0n) is 7.61. The summed E-state index contributed by atoms with van der Waals surface area (Å²) >= 11 is 3.35. The molecule has 0 saturated carbocycles. The average Bonchev–Trinajstić information content (AvgIpc) is 2.18. The van der Waals surface area contributed by atoms with E-state index in [4.69, 9.17) is 4.74 Å². The highest BCUT2D eigenvalue weighted by Crippen LogP contribution is 2.27. The third kappa shape index (κ3) is 2.13. The largest absolute Gasteiger partial charge is 0.390 e. The Hall–Kier alpha value is -0.450. The van der Waals surface area contributed by atoms with Crippen LogP contribution in [0.1, 0.15) is 17.9 Å². The minimum absolute atomic E-state index is 0.105. The summed E-state index contributed by atoms with van der Waals surface area (Å²) in [6.07, 6.45) is 5.00. The quantitative estimate of drug-likeness (QED) is 0.829. The molecule has 4 heteroatoms. The van der Waals surface area contributed by atoms with Gasteiger partial charge in [0.15, 0.2) is 0 Å². The molecule has 1 saturated heterocycles. The number of rotatable bonds is 1. The van der Waals surface area contributed by atoms with Gasteiger partial charge in [-0.1, -0.05) is 0 Å². The monoisotopic (exact) mass is 256 g/mol. The Morgan fingerprint density at radius 3 is 3.21 bits per heavy atom. The number of hydrogen-bond acceptors (Lipinski definition) is 3. The summed E-state index contributed by atoms with van der Waals surface area (Å²) in [6, 6.07) is 1.95. The minimum Gasteiger partial charge on any atom is -0.390 e. The number of pyridine rings is 1. The second kappa shape index (κ2) is 4.38. The lowest BCUT2D eigenvalue weighted by Crippen LogP contribution is -2.30. The molecule has 1 aromatic heterocycles. The molecular formula is C10H11BrNO2. The smallest absolute Gasteiger partial charge is 0.0925 e. The lowest BCUT2D eigenvalue weighted by atomic mass is 9.91. The topological polar surface area (TPSA) is 42.4 Å². The lowest BCUT2D eigenvalue weighted by molar-refractivity contribution is -0.0206. The fourth-order valence-electron chi connectivity index (χ4n) is 1.66. The summed E-state index contributed by atoms with van der Waals surface area (Å²) in [7, 11) is 0. The number of hydrogen-bond donors (Lipinski definition) is 1. The van der Waals surface area contributed by atoms with E-state index in [0.29, 0.717) is 13.2 Å². The molecule has 0 bridgehead atoms. The van der Waals surface area contributed by atoms with E-state index in [1.807, 2.05) is 6.07 Å². The van der Waals surface area contributed by atoms with Crippen molar-refractivity contribution in [3.8, 4) is 0 Å².